The SMILES string of the molecule is CCC(CC)C(=O)/C=C(\O)C(CC)CC.Cc1cc2[c-]c(-c3nccc4c3sc3[c]([Ge]([CH3])([CH3])[CH3])cccc34)cc(C(C)(C)C)c2cc1C.[Ir]. The molecule has 2 heterocycles. The Kier molecular flexibility index (Phi) is 14.1. The van der Waals surface area contributed by atoms with Crippen molar-refractivity contribution >= 4 is 65.7 Å². The third-order valence-corrected chi connectivity index (χ3v) is 15.8. The molecule has 1 N–H and O–H groups in total. The third-order valence-electron chi connectivity index (χ3n) is 9.85. The predicted octanol–water partition coefficient (Wildman–Crippen LogP) is 12.4. The number of hydrogen-bond acceptors (Lipinski definition) is 4. The summed E-state index contributed by atoms with van der Waals surface area (Å²) in [4.78, 5) is 16.6. The van der Waals surface area contributed by atoms with Crippen molar-refractivity contribution in [3.05, 3.63) is 83.3 Å². The van der Waals surface area contributed by atoms with E-state index < -0.39 is 13.3 Å². The van der Waals surface area contributed by atoms with Crippen LogP contribution in [0, 0.1) is 31.7 Å². The number of aryl methyl sites for hydroxylation is 2. The number of carbonyl (C=O) groups excluding carboxylic acids is 1. The molecule has 0 bridgehead atoms. The second kappa shape index (κ2) is 16.8. The summed E-state index contributed by atoms with van der Waals surface area (Å²) < 4.78 is 4.33. The molecule has 49 heavy (non-hydrogen) atoms. The molecule has 0 saturated carbocycles. The number of carbonyl (C=O) groups is 1. The van der Waals surface area contributed by atoms with Crippen molar-refractivity contribution in [3.63, 3.8) is 0 Å². The van der Waals surface area contributed by atoms with E-state index in [1.165, 1.54) is 53.7 Å². The Hall–Kier alpha value is -2.31. The van der Waals surface area contributed by atoms with Crippen molar-refractivity contribution < 1.29 is 30.0 Å². The molecule has 265 valence electrons. The summed E-state index contributed by atoms with van der Waals surface area (Å²) in [6.45, 7) is 19.4. The molecule has 0 saturated heterocycles. The van der Waals surface area contributed by atoms with Crippen LogP contribution in [0.2, 0.25) is 17.3 Å². The Morgan fingerprint density at radius 1 is 0.878 bits per heavy atom. The van der Waals surface area contributed by atoms with E-state index in [2.05, 4.69) is 100 Å². The van der Waals surface area contributed by atoms with Gasteiger partial charge in [-0.15, -0.1) is 0 Å². The molecule has 3 nitrogen and oxygen atoms in total. The summed E-state index contributed by atoms with van der Waals surface area (Å²) in [6.07, 6.45) is 6.88. The van der Waals surface area contributed by atoms with Crippen LogP contribution in [-0.4, -0.2) is 29.1 Å². The molecule has 5 rings (SSSR count). The number of ketones is 1. The average molecular weight is 916 g/mol. The Morgan fingerprint density at radius 3 is 2.04 bits per heavy atom. The van der Waals surface area contributed by atoms with Crippen LogP contribution in [0.1, 0.15) is 90.8 Å². The van der Waals surface area contributed by atoms with E-state index in [1.54, 1.807) is 4.40 Å². The molecule has 5 aromatic rings. The number of aliphatic hydroxyl groups excluding tert-OH is 1. The van der Waals surface area contributed by atoms with E-state index in [-0.39, 0.29) is 48.9 Å². The first-order chi connectivity index (χ1) is 22.5. The molecule has 3 aromatic carbocycles. The first-order valence-corrected chi connectivity index (χ1v) is 25.9. The second-order valence-electron chi connectivity index (χ2n) is 15.4. The second-order valence-corrected chi connectivity index (χ2v) is 27.0. The van der Waals surface area contributed by atoms with E-state index >= 15 is 0 Å². The first kappa shape index (κ1) is 41.1. The van der Waals surface area contributed by atoms with Crippen molar-refractivity contribution in [2.24, 2.45) is 11.8 Å². The van der Waals surface area contributed by atoms with Gasteiger partial charge in [0.05, 0.1) is 5.76 Å². The number of fused-ring (bicyclic) bond motifs is 4. The number of aromatic nitrogens is 1. The molecular weight excluding hydrogens is 859 g/mol. The van der Waals surface area contributed by atoms with Gasteiger partial charge in [-0.2, -0.15) is 0 Å². The standard InChI is InChI=1S/C30H32GeNS.C13H24O2.Ir/c1-18-14-20-16-21(17-25(30(3,4)5)24(20)15-19(18)2)27-29-23(12-13-32-27)22-10-9-11-26(28(22)33-29)31(6,7)8;1-5-10(6-2)12(14)9-13(15)11(7-3)8-4;/h9-15,17H,1-8H3;9-11,14H,5-8H2,1-4H3;/q-1;;/b;12-9-;. The van der Waals surface area contributed by atoms with Gasteiger partial charge in [0.2, 0.25) is 0 Å². The van der Waals surface area contributed by atoms with Crippen molar-refractivity contribution in [2.45, 2.75) is 111 Å². The molecule has 0 spiro atoms. The molecule has 1 radical (unpaired) electrons. The van der Waals surface area contributed by atoms with E-state index in [9.17, 15) is 9.90 Å². The molecule has 0 amide bonds. The van der Waals surface area contributed by atoms with Crippen LogP contribution >= 0.6 is 11.3 Å². The van der Waals surface area contributed by atoms with E-state index in [4.69, 9.17) is 4.98 Å². The molecule has 6 heteroatoms. The third kappa shape index (κ3) is 9.14. The number of aliphatic hydroxyl groups is 1. The van der Waals surface area contributed by atoms with Crippen molar-refractivity contribution in [2.75, 3.05) is 0 Å². The zero-order valence-electron chi connectivity index (χ0n) is 31.7. The Bertz CT molecular complexity index is 1950. The summed E-state index contributed by atoms with van der Waals surface area (Å²) in [6, 6.07) is 19.8. The van der Waals surface area contributed by atoms with Crippen LogP contribution in [0.3, 0.4) is 0 Å². The minimum atomic E-state index is -2.00. The predicted molar refractivity (Wildman–Crippen MR) is 214 cm³/mol. The number of rotatable bonds is 9. The maximum absolute atomic E-state index is 11.7. The molecule has 0 aliphatic rings. The van der Waals surface area contributed by atoms with E-state index in [0.29, 0.717) is 0 Å². The van der Waals surface area contributed by atoms with Crippen LogP contribution in [0.25, 0.3) is 42.2 Å². The quantitative estimate of drug-likeness (QED) is 0.0694. The van der Waals surface area contributed by atoms with Crippen LogP contribution in [0.15, 0.2) is 60.5 Å². The molecule has 0 aliphatic heterocycles. The number of hydrogen-bond donors (Lipinski definition) is 1. The topological polar surface area (TPSA) is 50.2 Å². The molecule has 0 unspecified atom stereocenters. The number of allylic oxidation sites excluding steroid dienone is 2. The number of benzene rings is 3. The fraction of sp³-hybridized carbons (Fsp3) is 0.442. The van der Waals surface area contributed by atoms with Gasteiger partial charge in [-0.3, -0.25) is 4.79 Å². The Morgan fingerprint density at radius 2 is 1.47 bits per heavy atom. The Balaban J connectivity index is 0.000000347. The summed E-state index contributed by atoms with van der Waals surface area (Å²) in [5.41, 5.74) is 6.20. The smallest absolute Gasteiger partial charge is 0 e. The maximum atomic E-state index is 11.7. The van der Waals surface area contributed by atoms with E-state index in [0.717, 1.165) is 36.9 Å². The first-order valence-electron chi connectivity index (χ1n) is 17.8. The molecule has 0 atom stereocenters. The zero-order chi connectivity index (χ0) is 35.6. The van der Waals surface area contributed by atoms with Crippen molar-refractivity contribution in [1.29, 1.82) is 0 Å². The number of thiophene rings is 1. The fourth-order valence-electron chi connectivity index (χ4n) is 6.58. The van der Waals surface area contributed by atoms with Gasteiger partial charge in [-0.25, -0.2) is 0 Å². The van der Waals surface area contributed by atoms with Crippen molar-refractivity contribution in [1.82, 2.24) is 4.98 Å². The van der Waals surface area contributed by atoms with E-state index in [1.807, 2.05) is 45.2 Å². The van der Waals surface area contributed by atoms with Crippen molar-refractivity contribution in [3.8, 4) is 11.3 Å². The van der Waals surface area contributed by atoms with Gasteiger partial charge in [0.15, 0.2) is 5.78 Å². The van der Waals surface area contributed by atoms with Gasteiger partial charge in [0.1, 0.15) is 0 Å². The minimum absolute atomic E-state index is 0. The molecule has 0 fully saturated rings. The van der Waals surface area contributed by atoms with Gasteiger partial charge in [0, 0.05) is 38.0 Å². The fourth-order valence-corrected chi connectivity index (χ4v) is 12.7. The van der Waals surface area contributed by atoms with Gasteiger partial charge < -0.3 is 5.11 Å². The van der Waals surface area contributed by atoms with Gasteiger partial charge in [0.25, 0.3) is 0 Å². The average Bonchev–Trinajstić information content (AvgIpc) is 3.41. The molecule has 0 aliphatic carbocycles. The summed E-state index contributed by atoms with van der Waals surface area (Å²) in [7, 11) is 0. The zero-order valence-corrected chi connectivity index (χ0v) is 37.0. The summed E-state index contributed by atoms with van der Waals surface area (Å²) >= 11 is -0.0748. The number of pyridine rings is 1. The number of nitrogens with zero attached hydrogens (tertiary/aromatic N) is 1. The van der Waals surface area contributed by atoms with Crippen LogP contribution in [0.5, 0.6) is 0 Å². The summed E-state index contributed by atoms with van der Waals surface area (Å²) in [5, 5.41) is 14.9. The van der Waals surface area contributed by atoms with Gasteiger partial charge in [-0.1, -0.05) is 27.7 Å². The van der Waals surface area contributed by atoms with Gasteiger partial charge in [-0.05, 0) is 25.7 Å². The van der Waals surface area contributed by atoms with Crippen LogP contribution < -0.4 is 4.40 Å². The monoisotopic (exact) mass is 917 g/mol. The minimum Gasteiger partial charge on any atom is 0 e. The normalized spacial score (nSPS) is 12.5. The van der Waals surface area contributed by atoms with Crippen LogP contribution in [0.4, 0.5) is 0 Å². The molecule has 2 aromatic heterocycles. The van der Waals surface area contributed by atoms with Crippen LogP contribution in [-0.2, 0) is 30.3 Å². The molecular formula is C43H56GeIrNO2S-. The Labute approximate surface area is 315 Å². The van der Waals surface area contributed by atoms with Gasteiger partial charge >= 0.3 is 205 Å². The summed E-state index contributed by atoms with van der Waals surface area (Å²) in [5.74, 6) is 7.99.